The van der Waals surface area contributed by atoms with Gasteiger partial charge in [0.25, 0.3) is 0 Å². The van der Waals surface area contributed by atoms with Crippen LogP contribution in [0.2, 0.25) is 0 Å². The molecule has 6 atom stereocenters. The van der Waals surface area contributed by atoms with E-state index in [-0.39, 0.29) is 17.5 Å². The number of benzene rings is 1. The van der Waals surface area contributed by atoms with Gasteiger partial charge in [0, 0.05) is 35.4 Å². The average molecular weight is 609 g/mol. The van der Waals surface area contributed by atoms with E-state index in [4.69, 9.17) is 14.2 Å². The zero-order valence-corrected chi connectivity index (χ0v) is 27.3. The highest BCUT2D eigenvalue weighted by molar-refractivity contribution is 7.99. The van der Waals surface area contributed by atoms with Gasteiger partial charge in [0.15, 0.2) is 5.54 Å². The first-order valence-corrected chi connectivity index (χ1v) is 15.2. The van der Waals surface area contributed by atoms with E-state index in [0.29, 0.717) is 5.56 Å². The van der Waals surface area contributed by atoms with Crippen LogP contribution < -0.4 is 10.6 Å². The molecule has 0 radical (unpaired) electrons. The van der Waals surface area contributed by atoms with Gasteiger partial charge in [-0.2, -0.15) is 0 Å². The third-order valence-corrected chi connectivity index (χ3v) is 8.20. The molecule has 0 aliphatic heterocycles. The average Bonchev–Trinajstić information content (AvgIpc) is 3.46. The molecule has 2 fully saturated rings. The van der Waals surface area contributed by atoms with Crippen molar-refractivity contribution in [1.29, 1.82) is 0 Å². The molecule has 3 rings (SSSR count). The summed E-state index contributed by atoms with van der Waals surface area (Å²) >= 11 is 1.36. The fraction of sp³-hybridized carbons (Fsp3) is 0.677. The van der Waals surface area contributed by atoms with Crippen molar-refractivity contribution in [2.75, 3.05) is 5.75 Å². The zero-order chi connectivity index (χ0) is 32.0. The maximum Gasteiger partial charge on any atom is 0.408 e. The van der Waals surface area contributed by atoms with Crippen molar-refractivity contribution in [3.63, 3.8) is 0 Å². The lowest BCUT2D eigenvalue weighted by atomic mass is 9.79. The van der Waals surface area contributed by atoms with Crippen LogP contribution in [0.1, 0.15) is 74.8 Å². The lowest BCUT2D eigenvalue weighted by Gasteiger charge is -2.41. The van der Waals surface area contributed by atoms with Crippen molar-refractivity contribution >= 4 is 35.7 Å². The Kier molecular flexibility index (Phi) is 9.38. The minimum atomic E-state index is -1.74. The van der Waals surface area contributed by atoms with Crippen LogP contribution in [-0.2, 0) is 28.6 Å². The molecular weight excluding hydrogens is 563 g/mol. The quantitative estimate of drug-likeness (QED) is 0.247. The van der Waals surface area contributed by atoms with Gasteiger partial charge in [-0.1, -0.05) is 0 Å². The number of hydrogen-bond donors (Lipinski definition) is 2. The van der Waals surface area contributed by atoms with E-state index in [9.17, 15) is 23.6 Å². The molecular formula is C31H45FN2O7S. The largest absolute Gasteiger partial charge is 0.460 e. The summed E-state index contributed by atoms with van der Waals surface area (Å²) in [6, 6.07) is 4.02. The molecule has 2 N–H and O–H groups in total. The third kappa shape index (κ3) is 7.76. The molecule has 0 spiro atoms. The summed E-state index contributed by atoms with van der Waals surface area (Å²) in [5, 5.41) is 5.81. The number of carbonyl (C=O) groups excluding carboxylic acids is 4. The summed E-state index contributed by atoms with van der Waals surface area (Å²) in [7, 11) is 0. The van der Waals surface area contributed by atoms with Crippen molar-refractivity contribution in [2.24, 2.45) is 23.7 Å². The van der Waals surface area contributed by atoms with Crippen LogP contribution in [0, 0.1) is 36.4 Å². The fourth-order valence-corrected chi connectivity index (χ4v) is 7.02. The number of fused-ring (bicyclic) bond motifs is 1. The molecule has 2 saturated carbocycles. The maximum absolute atomic E-state index is 14.3. The Morgan fingerprint density at radius 3 is 2.00 bits per heavy atom. The van der Waals surface area contributed by atoms with E-state index in [2.05, 4.69) is 10.6 Å². The van der Waals surface area contributed by atoms with Crippen molar-refractivity contribution in [2.45, 2.75) is 109 Å². The van der Waals surface area contributed by atoms with Crippen LogP contribution >= 0.6 is 11.8 Å². The van der Waals surface area contributed by atoms with E-state index in [1.807, 2.05) is 0 Å². The first-order chi connectivity index (χ1) is 19.1. The topological polar surface area (TPSA) is 120 Å². The number of carbonyl (C=O) groups is 4. The van der Waals surface area contributed by atoms with Crippen molar-refractivity contribution in [3.05, 3.63) is 29.6 Å². The number of halogens is 1. The predicted molar refractivity (Wildman–Crippen MR) is 157 cm³/mol. The highest BCUT2D eigenvalue weighted by Gasteiger charge is 2.80. The molecule has 1 aromatic rings. The number of amides is 2. The molecule has 0 aromatic heterocycles. The minimum Gasteiger partial charge on any atom is -0.460 e. The molecule has 234 valence electrons. The monoisotopic (exact) mass is 608 g/mol. The van der Waals surface area contributed by atoms with E-state index in [0.717, 1.165) is 4.90 Å². The lowest BCUT2D eigenvalue weighted by molar-refractivity contribution is -0.168. The van der Waals surface area contributed by atoms with Crippen LogP contribution in [-0.4, -0.2) is 58.1 Å². The van der Waals surface area contributed by atoms with Gasteiger partial charge in [0.05, 0.1) is 5.92 Å². The molecule has 0 unspecified atom stereocenters. The van der Waals surface area contributed by atoms with Gasteiger partial charge in [-0.3, -0.25) is 9.59 Å². The summed E-state index contributed by atoms with van der Waals surface area (Å²) in [4.78, 5) is 54.4. The number of aryl methyl sites for hydroxylation is 1. The van der Waals surface area contributed by atoms with Crippen LogP contribution in [0.4, 0.5) is 9.18 Å². The first-order valence-electron chi connectivity index (χ1n) is 14.2. The van der Waals surface area contributed by atoms with Gasteiger partial charge < -0.3 is 24.8 Å². The zero-order valence-electron chi connectivity index (χ0n) is 26.5. The van der Waals surface area contributed by atoms with Crippen molar-refractivity contribution in [1.82, 2.24) is 10.6 Å². The minimum absolute atomic E-state index is 0.235. The maximum atomic E-state index is 14.3. The number of ether oxygens (including phenoxy) is 3. The number of hydrogen-bond acceptors (Lipinski definition) is 8. The molecule has 2 amide bonds. The molecule has 42 heavy (non-hydrogen) atoms. The second kappa shape index (κ2) is 11.7. The second-order valence-electron chi connectivity index (χ2n) is 14.2. The molecule has 9 nitrogen and oxygen atoms in total. The van der Waals surface area contributed by atoms with E-state index < -0.39 is 70.1 Å². The summed E-state index contributed by atoms with van der Waals surface area (Å²) in [6.45, 7) is 18.5. The number of alkyl carbamates (subject to hydrolysis) is 1. The standard InChI is InChI=1S/C31H45FN2O7S/c1-16-14-18(12-13-20(16)32)42-15-19-24(33-17(2)35)21-22(25(36)39-28(3,4)5)23(21)31(19,26(37)40-29(6,7)8)34-27(38)41-30(9,10)11/h12-14,19,21-24H,15H2,1-11H3,(H,33,35)(H,34,38)/t19-,21+,22+,23+,24-,31+/m1/s1. The molecule has 1 aromatic carbocycles. The van der Waals surface area contributed by atoms with E-state index in [1.165, 1.54) is 24.8 Å². The van der Waals surface area contributed by atoms with Crippen molar-refractivity contribution in [3.8, 4) is 0 Å². The predicted octanol–water partition coefficient (Wildman–Crippen LogP) is 5.17. The molecule has 0 saturated heterocycles. The Morgan fingerprint density at radius 2 is 1.50 bits per heavy atom. The van der Waals surface area contributed by atoms with Gasteiger partial charge in [-0.05, 0) is 98.9 Å². The number of nitrogens with one attached hydrogen (secondary N) is 2. The molecule has 0 heterocycles. The van der Waals surface area contributed by atoms with Crippen LogP contribution in [0.3, 0.4) is 0 Å². The van der Waals surface area contributed by atoms with Crippen LogP contribution in [0.5, 0.6) is 0 Å². The van der Waals surface area contributed by atoms with Gasteiger partial charge in [-0.25, -0.2) is 14.0 Å². The SMILES string of the molecule is CC(=O)N[C@H]1[C@H]2[C@H](C(=O)OC(C)(C)C)[C@H]2[C@](NC(=O)OC(C)(C)C)(C(=O)OC(C)(C)C)[C@@H]1CSc1ccc(F)c(C)c1. The van der Waals surface area contributed by atoms with Gasteiger partial charge in [0.1, 0.15) is 22.6 Å². The highest BCUT2D eigenvalue weighted by Crippen LogP contribution is 2.66. The van der Waals surface area contributed by atoms with E-state index in [1.54, 1.807) is 81.4 Å². The molecule has 2 aliphatic carbocycles. The van der Waals surface area contributed by atoms with Crippen molar-refractivity contribution < 1.29 is 37.8 Å². The smallest absolute Gasteiger partial charge is 0.408 e. The second-order valence-corrected chi connectivity index (χ2v) is 15.3. The molecule has 2 aliphatic rings. The highest BCUT2D eigenvalue weighted by atomic mass is 32.2. The summed E-state index contributed by atoms with van der Waals surface area (Å²) in [5.74, 6) is -4.43. The van der Waals surface area contributed by atoms with Crippen LogP contribution in [0.15, 0.2) is 23.1 Å². The van der Waals surface area contributed by atoms with E-state index >= 15 is 0 Å². The number of rotatable bonds is 7. The third-order valence-electron chi connectivity index (χ3n) is 7.09. The Morgan fingerprint density at radius 1 is 0.929 bits per heavy atom. The molecule has 11 heteroatoms. The Bertz CT molecular complexity index is 1230. The summed E-state index contributed by atoms with van der Waals surface area (Å²) < 4.78 is 31.2. The van der Waals surface area contributed by atoms with Crippen LogP contribution in [0.25, 0.3) is 0 Å². The summed E-state index contributed by atoms with van der Waals surface area (Å²) in [5.41, 5.74) is -3.87. The Balaban J connectivity index is 2.16. The Hall–Kier alpha value is -2.82. The van der Waals surface area contributed by atoms with Gasteiger partial charge >= 0.3 is 18.0 Å². The first kappa shape index (κ1) is 33.7. The lowest BCUT2D eigenvalue weighted by Crippen LogP contribution is -2.65. The number of esters is 2. The fourth-order valence-electron chi connectivity index (χ4n) is 5.75. The Labute approximate surface area is 252 Å². The van der Waals surface area contributed by atoms with Gasteiger partial charge in [-0.15, -0.1) is 11.8 Å². The normalized spacial score (nSPS) is 27.0. The number of thioether (sulfide) groups is 1. The van der Waals surface area contributed by atoms with Gasteiger partial charge in [0.2, 0.25) is 5.91 Å². The summed E-state index contributed by atoms with van der Waals surface area (Å²) in [6.07, 6.45) is -0.849. The molecule has 0 bridgehead atoms.